The van der Waals surface area contributed by atoms with Crippen molar-refractivity contribution in [1.82, 2.24) is 0 Å². The topological polar surface area (TPSA) is 24.7 Å². The van der Waals surface area contributed by atoms with Crippen LogP contribution in [0, 0.1) is 5.92 Å². The average Bonchev–Trinajstić information content (AvgIpc) is 2.29. The van der Waals surface area contributed by atoms with Gasteiger partial charge in [0.25, 0.3) is 0 Å². The van der Waals surface area contributed by atoms with E-state index in [0.29, 0.717) is 5.92 Å². The minimum absolute atomic E-state index is 0.538. The lowest BCUT2D eigenvalue weighted by atomic mass is 10.0. The smallest absolute Gasteiger partial charge is 0.0923 e. The number of halogens is 1. The highest BCUT2D eigenvalue weighted by atomic mass is 127. The van der Waals surface area contributed by atoms with Gasteiger partial charge in [-0.15, -0.1) is 0 Å². The molecule has 1 heterocycles. The first-order valence-corrected chi connectivity index (χ1v) is 7.01. The summed E-state index contributed by atoms with van der Waals surface area (Å²) in [5.74, 6) is 0.538. The standard InChI is InChI=1S/C13H15IN2/c1-3-15-13-11(7-14)5-4-10-6-9(2)8-16-12(10)13/h3-6,9H,7-8H2,1-2H3/b15-3-. The SMILES string of the molecule is C/C=N\c1c(CI)ccc2c1=NCC(C)C=2. The first-order valence-electron chi connectivity index (χ1n) is 5.49. The zero-order valence-electron chi connectivity index (χ0n) is 9.57. The first-order chi connectivity index (χ1) is 7.76. The third-order valence-corrected chi connectivity index (χ3v) is 3.49. The lowest BCUT2D eigenvalue weighted by molar-refractivity contribution is 0.747. The van der Waals surface area contributed by atoms with Crippen LogP contribution in [-0.4, -0.2) is 12.8 Å². The molecular formula is C13H15IN2. The van der Waals surface area contributed by atoms with Crippen LogP contribution in [0.5, 0.6) is 0 Å². The Bertz CT molecular complexity index is 532. The monoisotopic (exact) mass is 326 g/mol. The number of fused-ring (bicyclic) bond motifs is 1. The summed E-state index contributed by atoms with van der Waals surface area (Å²) in [5, 5.41) is 2.30. The highest BCUT2D eigenvalue weighted by Gasteiger charge is 2.08. The van der Waals surface area contributed by atoms with E-state index in [1.54, 1.807) is 0 Å². The molecule has 1 atom stereocenters. The van der Waals surface area contributed by atoms with E-state index in [2.05, 4.69) is 57.7 Å². The van der Waals surface area contributed by atoms with Crippen molar-refractivity contribution in [3.05, 3.63) is 28.3 Å². The van der Waals surface area contributed by atoms with Crippen LogP contribution in [0.3, 0.4) is 0 Å². The van der Waals surface area contributed by atoms with E-state index < -0.39 is 0 Å². The van der Waals surface area contributed by atoms with Gasteiger partial charge < -0.3 is 0 Å². The number of hydrogen-bond acceptors (Lipinski definition) is 2. The van der Waals surface area contributed by atoms with Gasteiger partial charge >= 0.3 is 0 Å². The molecule has 0 saturated carbocycles. The number of nitrogens with zero attached hydrogens (tertiary/aromatic N) is 2. The molecule has 1 aromatic carbocycles. The lowest BCUT2D eigenvalue weighted by Crippen LogP contribution is -2.31. The van der Waals surface area contributed by atoms with Gasteiger partial charge in [-0.25, -0.2) is 0 Å². The number of hydrogen-bond donors (Lipinski definition) is 0. The van der Waals surface area contributed by atoms with Gasteiger partial charge in [-0.05, 0) is 23.6 Å². The highest BCUT2D eigenvalue weighted by molar-refractivity contribution is 14.1. The van der Waals surface area contributed by atoms with Gasteiger partial charge in [-0.2, -0.15) is 0 Å². The number of benzene rings is 1. The Hall–Kier alpha value is -0.710. The largest absolute Gasteiger partial charge is 0.282 e. The summed E-state index contributed by atoms with van der Waals surface area (Å²) in [6, 6.07) is 4.33. The molecule has 1 aromatic rings. The summed E-state index contributed by atoms with van der Waals surface area (Å²) in [5.41, 5.74) is 2.32. The van der Waals surface area contributed by atoms with Crippen LogP contribution < -0.4 is 10.6 Å². The molecular weight excluding hydrogens is 311 g/mol. The fraction of sp³-hybridized carbons (Fsp3) is 0.385. The van der Waals surface area contributed by atoms with Gasteiger partial charge in [0.15, 0.2) is 0 Å². The van der Waals surface area contributed by atoms with Crippen molar-refractivity contribution in [2.24, 2.45) is 15.9 Å². The van der Waals surface area contributed by atoms with Crippen molar-refractivity contribution in [2.75, 3.05) is 6.54 Å². The summed E-state index contributed by atoms with van der Waals surface area (Å²) in [6.07, 6.45) is 4.13. The van der Waals surface area contributed by atoms with Crippen molar-refractivity contribution in [1.29, 1.82) is 0 Å². The van der Waals surface area contributed by atoms with Crippen LogP contribution in [0.1, 0.15) is 19.4 Å². The Labute approximate surface area is 109 Å². The molecule has 16 heavy (non-hydrogen) atoms. The van der Waals surface area contributed by atoms with Crippen molar-refractivity contribution in [3.8, 4) is 0 Å². The molecule has 2 nitrogen and oxygen atoms in total. The summed E-state index contributed by atoms with van der Waals surface area (Å²) >= 11 is 2.37. The zero-order valence-corrected chi connectivity index (χ0v) is 11.7. The maximum absolute atomic E-state index is 4.65. The maximum atomic E-state index is 4.65. The summed E-state index contributed by atoms with van der Waals surface area (Å²) in [7, 11) is 0. The molecule has 3 heteroatoms. The third-order valence-electron chi connectivity index (χ3n) is 2.67. The molecule has 0 saturated heterocycles. The molecule has 0 aliphatic carbocycles. The summed E-state index contributed by atoms with van der Waals surface area (Å²) in [6.45, 7) is 5.02. The fourth-order valence-electron chi connectivity index (χ4n) is 1.91. The molecule has 0 radical (unpaired) electrons. The summed E-state index contributed by atoms with van der Waals surface area (Å²) < 4.78 is 0.975. The fourth-order valence-corrected chi connectivity index (χ4v) is 2.53. The second-order valence-corrected chi connectivity index (χ2v) is 4.78. The van der Waals surface area contributed by atoms with Gasteiger partial charge in [0, 0.05) is 17.2 Å². The van der Waals surface area contributed by atoms with Gasteiger partial charge in [0.05, 0.1) is 11.0 Å². The van der Waals surface area contributed by atoms with Gasteiger partial charge in [0.2, 0.25) is 0 Å². The Balaban J connectivity index is 2.75. The predicted molar refractivity (Wildman–Crippen MR) is 77.3 cm³/mol. The van der Waals surface area contributed by atoms with E-state index >= 15 is 0 Å². The van der Waals surface area contributed by atoms with Crippen LogP contribution in [0.15, 0.2) is 22.1 Å². The first kappa shape index (κ1) is 11.8. The normalized spacial score (nSPS) is 19.1. The predicted octanol–water partition coefficient (Wildman–Crippen LogP) is 2.39. The van der Waals surface area contributed by atoms with E-state index in [4.69, 9.17) is 0 Å². The minimum Gasteiger partial charge on any atom is -0.282 e. The maximum Gasteiger partial charge on any atom is 0.0923 e. The zero-order chi connectivity index (χ0) is 11.5. The second kappa shape index (κ2) is 5.08. The van der Waals surface area contributed by atoms with Gasteiger partial charge in [-0.3, -0.25) is 9.98 Å². The van der Waals surface area contributed by atoms with Crippen LogP contribution >= 0.6 is 22.6 Å². The molecule has 84 valence electrons. The number of alkyl halides is 1. The molecule has 0 amide bonds. The minimum atomic E-state index is 0.538. The van der Waals surface area contributed by atoms with Crippen molar-refractivity contribution in [2.45, 2.75) is 18.3 Å². The van der Waals surface area contributed by atoms with Crippen molar-refractivity contribution >= 4 is 40.6 Å². The van der Waals surface area contributed by atoms with E-state index in [0.717, 1.165) is 22.0 Å². The number of rotatable bonds is 2. The lowest BCUT2D eigenvalue weighted by Gasteiger charge is -2.10. The van der Waals surface area contributed by atoms with Crippen molar-refractivity contribution < 1.29 is 0 Å². The third kappa shape index (κ3) is 2.19. The Morgan fingerprint density at radius 2 is 2.38 bits per heavy atom. The molecule has 1 unspecified atom stereocenters. The molecule has 0 aromatic heterocycles. The summed E-state index contributed by atoms with van der Waals surface area (Å²) in [4.78, 5) is 9.13. The van der Waals surface area contributed by atoms with E-state index in [9.17, 15) is 0 Å². The number of aliphatic imine (C=N–C) groups is 1. The quantitative estimate of drug-likeness (QED) is 0.453. The van der Waals surface area contributed by atoms with Crippen molar-refractivity contribution in [3.63, 3.8) is 0 Å². The van der Waals surface area contributed by atoms with E-state index in [1.807, 2.05) is 13.1 Å². The van der Waals surface area contributed by atoms with Gasteiger partial charge in [-0.1, -0.05) is 47.7 Å². The van der Waals surface area contributed by atoms with E-state index in [-0.39, 0.29) is 0 Å². The Morgan fingerprint density at radius 3 is 3.06 bits per heavy atom. The molecule has 0 fully saturated rings. The van der Waals surface area contributed by atoms with Crippen LogP contribution in [-0.2, 0) is 4.43 Å². The molecule has 0 bridgehead atoms. The Kier molecular flexibility index (Phi) is 3.74. The average molecular weight is 326 g/mol. The highest BCUT2D eigenvalue weighted by Crippen LogP contribution is 2.16. The second-order valence-electron chi connectivity index (χ2n) is 4.02. The molecule has 0 spiro atoms. The van der Waals surface area contributed by atoms with Crippen LogP contribution in [0.2, 0.25) is 0 Å². The van der Waals surface area contributed by atoms with Crippen LogP contribution in [0.4, 0.5) is 5.69 Å². The van der Waals surface area contributed by atoms with Gasteiger partial charge in [0.1, 0.15) is 0 Å². The Morgan fingerprint density at radius 1 is 1.56 bits per heavy atom. The van der Waals surface area contributed by atoms with Crippen LogP contribution in [0.25, 0.3) is 6.08 Å². The molecule has 1 aliphatic rings. The van der Waals surface area contributed by atoms with E-state index in [1.165, 1.54) is 10.8 Å². The molecule has 1 aliphatic heterocycles. The molecule has 0 N–H and O–H groups in total. The molecule has 2 rings (SSSR count).